The molecule has 0 N–H and O–H groups in total. The van der Waals surface area contributed by atoms with E-state index >= 15 is 0 Å². The fourth-order valence-electron chi connectivity index (χ4n) is 2.89. The van der Waals surface area contributed by atoms with Gasteiger partial charge in [-0.1, -0.05) is 37.8 Å². The van der Waals surface area contributed by atoms with Crippen LogP contribution in [0.1, 0.15) is 84.0 Å². The average molecular weight is 397 g/mol. The van der Waals surface area contributed by atoms with Gasteiger partial charge in [0, 0.05) is 6.61 Å². The van der Waals surface area contributed by atoms with E-state index in [9.17, 15) is 20.2 Å². The molecule has 160 valence electrons. The van der Waals surface area contributed by atoms with Crippen LogP contribution in [-0.4, -0.2) is 22.6 Å². The van der Waals surface area contributed by atoms with E-state index in [0.717, 1.165) is 70.2 Å². The molecule has 0 saturated carbocycles. The summed E-state index contributed by atoms with van der Waals surface area (Å²) < 4.78 is 5.63. The van der Waals surface area contributed by atoms with Crippen LogP contribution in [0.4, 0.5) is 0 Å². The van der Waals surface area contributed by atoms with E-state index in [-0.39, 0.29) is 6.10 Å². The van der Waals surface area contributed by atoms with E-state index in [1.165, 1.54) is 12.8 Å². The van der Waals surface area contributed by atoms with E-state index in [1.807, 2.05) is 6.92 Å². The van der Waals surface area contributed by atoms with E-state index in [0.29, 0.717) is 13.0 Å². The monoisotopic (exact) mass is 396 g/mol. The Labute approximate surface area is 168 Å². The van der Waals surface area contributed by atoms with Crippen molar-refractivity contribution in [3.8, 4) is 0 Å². The normalized spacial score (nSPS) is 13.0. The molecule has 0 spiro atoms. The Morgan fingerprint density at radius 1 is 0.750 bits per heavy atom. The van der Waals surface area contributed by atoms with Gasteiger partial charge in [0.25, 0.3) is 0 Å². The second-order valence-electron chi connectivity index (χ2n) is 6.75. The Morgan fingerprint density at radius 2 is 1.25 bits per heavy atom. The Morgan fingerprint density at radius 3 is 1.79 bits per heavy atom. The Bertz CT molecular complexity index is 489. The first-order valence-corrected chi connectivity index (χ1v) is 10.4. The van der Waals surface area contributed by atoms with Crippen molar-refractivity contribution in [1.82, 2.24) is 0 Å². The molecule has 0 bridgehead atoms. The van der Waals surface area contributed by atoms with Gasteiger partial charge >= 0.3 is 0 Å². The van der Waals surface area contributed by atoms with Crippen LogP contribution in [0, 0.1) is 20.2 Å². The lowest BCUT2D eigenvalue weighted by Gasteiger charge is -2.14. The predicted octanol–water partition coefficient (Wildman–Crippen LogP) is 6.21. The van der Waals surface area contributed by atoms with Gasteiger partial charge in [0.1, 0.15) is 0 Å². The van der Waals surface area contributed by atoms with Crippen molar-refractivity contribution in [2.45, 2.75) is 90.1 Å². The highest BCUT2D eigenvalue weighted by Gasteiger charge is 2.06. The van der Waals surface area contributed by atoms with Crippen LogP contribution in [-0.2, 0) is 4.74 Å². The summed E-state index contributed by atoms with van der Waals surface area (Å²) in [7, 11) is 0. The molecule has 0 aromatic heterocycles. The van der Waals surface area contributed by atoms with Gasteiger partial charge < -0.3 is 4.74 Å². The smallest absolute Gasteiger partial charge is 0.230 e. The van der Waals surface area contributed by atoms with E-state index in [1.54, 1.807) is 12.2 Å². The maximum atomic E-state index is 10.3. The van der Waals surface area contributed by atoms with Crippen molar-refractivity contribution in [2.75, 3.05) is 6.61 Å². The van der Waals surface area contributed by atoms with Crippen molar-refractivity contribution in [1.29, 1.82) is 0 Å². The van der Waals surface area contributed by atoms with Gasteiger partial charge in [0.15, 0.2) is 0 Å². The lowest BCUT2D eigenvalue weighted by molar-refractivity contribution is -0.402. The molecule has 28 heavy (non-hydrogen) atoms. The van der Waals surface area contributed by atoms with Gasteiger partial charge in [0.2, 0.25) is 12.4 Å². The summed E-state index contributed by atoms with van der Waals surface area (Å²) in [5.74, 6) is 0. The van der Waals surface area contributed by atoms with Crippen LogP contribution in [0.3, 0.4) is 0 Å². The van der Waals surface area contributed by atoms with Crippen molar-refractivity contribution in [3.63, 3.8) is 0 Å². The van der Waals surface area contributed by atoms with E-state index in [4.69, 9.17) is 4.74 Å². The second-order valence-corrected chi connectivity index (χ2v) is 6.75. The molecule has 0 aromatic carbocycles. The molecule has 0 radical (unpaired) electrons. The zero-order valence-electron chi connectivity index (χ0n) is 17.2. The molecule has 0 rings (SSSR count). The van der Waals surface area contributed by atoms with E-state index < -0.39 is 9.85 Å². The van der Waals surface area contributed by atoms with Crippen LogP contribution < -0.4 is 0 Å². The van der Waals surface area contributed by atoms with Gasteiger partial charge in [-0.15, -0.1) is 0 Å². The van der Waals surface area contributed by atoms with Gasteiger partial charge in [0.05, 0.1) is 16.0 Å². The van der Waals surface area contributed by atoms with Crippen LogP contribution in [0.25, 0.3) is 0 Å². The molecule has 1 unspecified atom stereocenters. The maximum absolute atomic E-state index is 10.3. The summed E-state index contributed by atoms with van der Waals surface area (Å²) in [6.07, 6.45) is 22.1. The molecule has 0 fully saturated rings. The highest BCUT2D eigenvalue weighted by molar-refractivity contribution is 4.82. The molecular formula is C21H36N2O5. The minimum atomic E-state index is -0.438. The number of unbranched alkanes of at least 4 members (excludes halogenated alkanes) is 8. The second kappa shape index (κ2) is 19.7. The molecule has 0 saturated heterocycles. The molecule has 0 aliphatic heterocycles. The fraction of sp³-hybridized carbons (Fsp3) is 0.714. The van der Waals surface area contributed by atoms with Crippen molar-refractivity contribution < 1.29 is 14.6 Å². The third-order valence-corrected chi connectivity index (χ3v) is 4.31. The number of hydrogen-bond acceptors (Lipinski definition) is 5. The third-order valence-electron chi connectivity index (χ3n) is 4.31. The first-order chi connectivity index (χ1) is 13.6. The number of allylic oxidation sites excluding steroid dienone is 3. The number of ether oxygens (including phenoxy) is 1. The summed E-state index contributed by atoms with van der Waals surface area (Å²) in [5.41, 5.74) is 0. The molecule has 7 nitrogen and oxygen atoms in total. The third kappa shape index (κ3) is 20.3. The van der Waals surface area contributed by atoms with Crippen molar-refractivity contribution in [3.05, 3.63) is 56.9 Å². The Kier molecular flexibility index (Phi) is 18.3. The quantitative estimate of drug-likeness (QED) is 0.112. The lowest BCUT2D eigenvalue weighted by Crippen LogP contribution is -2.12. The molecule has 0 heterocycles. The highest BCUT2D eigenvalue weighted by atomic mass is 16.6. The highest BCUT2D eigenvalue weighted by Crippen LogP contribution is 2.13. The zero-order chi connectivity index (χ0) is 20.9. The van der Waals surface area contributed by atoms with Gasteiger partial charge in [-0.25, -0.2) is 0 Å². The maximum Gasteiger partial charge on any atom is 0.230 e. The minimum Gasteiger partial charge on any atom is -0.378 e. The Balaban J connectivity index is 3.53. The topological polar surface area (TPSA) is 95.5 Å². The fourth-order valence-corrected chi connectivity index (χ4v) is 2.89. The molecule has 0 aliphatic rings. The number of nitro groups is 2. The van der Waals surface area contributed by atoms with Crippen LogP contribution in [0.2, 0.25) is 0 Å². The number of rotatable bonds is 19. The number of nitrogens with zero attached hydrogens (tertiary/aromatic N) is 2. The molecular weight excluding hydrogens is 360 g/mol. The minimum absolute atomic E-state index is 0.0757. The van der Waals surface area contributed by atoms with Gasteiger partial charge in [-0.3, -0.25) is 20.2 Å². The van der Waals surface area contributed by atoms with Crippen LogP contribution >= 0.6 is 0 Å². The summed E-state index contributed by atoms with van der Waals surface area (Å²) in [5, 5.41) is 20.4. The van der Waals surface area contributed by atoms with Crippen LogP contribution in [0.15, 0.2) is 36.7 Å². The average Bonchev–Trinajstić information content (AvgIpc) is 2.64. The number of hydrogen-bond donors (Lipinski definition) is 0. The van der Waals surface area contributed by atoms with Crippen LogP contribution in [0.5, 0.6) is 0 Å². The van der Waals surface area contributed by atoms with Gasteiger partial charge in [-0.2, -0.15) is 0 Å². The van der Waals surface area contributed by atoms with E-state index in [2.05, 4.69) is 12.2 Å². The molecule has 0 aromatic rings. The summed E-state index contributed by atoms with van der Waals surface area (Å²) in [4.78, 5) is 19.6. The Hall–Kier alpha value is -2.02. The van der Waals surface area contributed by atoms with Gasteiger partial charge in [-0.05, 0) is 70.4 Å². The molecule has 7 heteroatoms. The first-order valence-electron chi connectivity index (χ1n) is 10.4. The standard InChI is InChI=1S/C21H36N2O5/c1-2-28-21(18-16-20-23(26)27)17-14-12-10-8-6-4-3-5-7-9-11-13-15-19-22(24)25/h4,6,15-16,19-21H,2-3,5,7-14,17-18H2,1H3. The zero-order valence-corrected chi connectivity index (χ0v) is 17.2. The lowest BCUT2D eigenvalue weighted by atomic mass is 10.1. The summed E-state index contributed by atoms with van der Waals surface area (Å²) >= 11 is 0. The molecule has 0 aliphatic carbocycles. The molecule has 0 amide bonds. The van der Waals surface area contributed by atoms with Crippen molar-refractivity contribution in [2.24, 2.45) is 0 Å². The summed E-state index contributed by atoms with van der Waals surface area (Å²) in [6.45, 7) is 2.58. The first kappa shape index (κ1) is 26.0. The van der Waals surface area contributed by atoms with Crippen molar-refractivity contribution >= 4 is 0 Å². The largest absolute Gasteiger partial charge is 0.378 e. The SMILES string of the molecule is CCOC(CC=C[N+](=O)[O-])CCCCCC=CCCCCCCC=C[N+](=O)[O-]. The summed E-state index contributed by atoms with van der Waals surface area (Å²) in [6, 6.07) is 0. The molecule has 1 atom stereocenters. The predicted molar refractivity (Wildman–Crippen MR) is 112 cm³/mol.